The molecule has 2 rings (SSSR count). The average molecular weight is 233 g/mol. The number of carbonyl (C=O) groups is 1. The molecule has 2 heterocycles. The Morgan fingerprint density at radius 2 is 2.35 bits per heavy atom. The normalized spacial score (nSPS) is 12.1. The van der Waals surface area contributed by atoms with Crippen LogP contribution in [0.1, 0.15) is 29.0 Å². The number of aromatic nitrogens is 3. The molecule has 0 unspecified atom stereocenters. The predicted molar refractivity (Wildman–Crippen MR) is 58.8 cm³/mol. The van der Waals surface area contributed by atoms with Gasteiger partial charge in [-0.05, 0) is 28.9 Å². The molecule has 3 N–H and O–H groups in total. The van der Waals surface area contributed by atoms with Crippen LogP contribution in [0.25, 0.3) is 0 Å². The second kappa shape index (κ2) is 4.60. The van der Waals surface area contributed by atoms with Gasteiger partial charge in [0.2, 0.25) is 11.5 Å². The van der Waals surface area contributed by atoms with Gasteiger partial charge in [0.15, 0.2) is 0 Å². The summed E-state index contributed by atoms with van der Waals surface area (Å²) in [6, 6.07) is 3.46. The standard InChI is InChI=1S/C10H11N5O2/c1-6(7-3-2-4-12-5-7)13-10(16)8-9(11)15-17-14-8/h2-6H,1H3,(H2,11,15)(H,13,16)/t6-/m1/s1. The largest absolute Gasteiger partial charge is 0.379 e. The second-order valence-electron chi connectivity index (χ2n) is 3.48. The van der Waals surface area contributed by atoms with Crippen LogP contribution in [0.2, 0.25) is 0 Å². The van der Waals surface area contributed by atoms with E-state index in [4.69, 9.17) is 5.73 Å². The van der Waals surface area contributed by atoms with Crippen LogP contribution >= 0.6 is 0 Å². The topological polar surface area (TPSA) is 107 Å². The summed E-state index contributed by atoms with van der Waals surface area (Å²) >= 11 is 0. The van der Waals surface area contributed by atoms with E-state index in [0.717, 1.165) is 5.56 Å². The van der Waals surface area contributed by atoms with Gasteiger partial charge in [-0.15, -0.1) is 0 Å². The molecule has 7 nitrogen and oxygen atoms in total. The number of pyridine rings is 1. The number of nitrogens with one attached hydrogen (secondary N) is 1. The Balaban J connectivity index is 2.08. The number of hydrogen-bond acceptors (Lipinski definition) is 6. The number of nitrogens with zero attached hydrogens (tertiary/aromatic N) is 3. The van der Waals surface area contributed by atoms with Crippen molar-refractivity contribution in [2.75, 3.05) is 5.73 Å². The number of nitrogens with two attached hydrogens (primary N) is 1. The average Bonchev–Trinajstić information content (AvgIpc) is 2.76. The molecule has 0 aliphatic rings. The van der Waals surface area contributed by atoms with Crippen molar-refractivity contribution in [3.8, 4) is 0 Å². The quantitative estimate of drug-likeness (QED) is 0.801. The summed E-state index contributed by atoms with van der Waals surface area (Å²) in [5.74, 6) is -0.457. The maximum Gasteiger partial charge on any atom is 0.277 e. The Morgan fingerprint density at radius 1 is 1.53 bits per heavy atom. The number of carbonyl (C=O) groups excluding carboxylic acids is 1. The van der Waals surface area contributed by atoms with E-state index in [-0.39, 0.29) is 17.6 Å². The summed E-state index contributed by atoms with van der Waals surface area (Å²) in [4.78, 5) is 15.7. The Bertz CT molecular complexity index is 510. The minimum Gasteiger partial charge on any atom is -0.379 e. The lowest BCUT2D eigenvalue weighted by molar-refractivity contribution is 0.0930. The third-order valence-corrected chi connectivity index (χ3v) is 2.26. The molecule has 1 atom stereocenters. The van der Waals surface area contributed by atoms with Crippen LogP contribution in [-0.2, 0) is 0 Å². The van der Waals surface area contributed by atoms with E-state index in [9.17, 15) is 4.79 Å². The van der Waals surface area contributed by atoms with E-state index in [1.54, 1.807) is 18.5 Å². The van der Waals surface area contributed by atoms with Crippen molar-refractivity contribution >= 4 is 11.7 Å². The van der Waals surface area contributed by atoms with Gasteiger partial charge in [-0.2, -0.15) is 0 Å². The van der Waals surface area contributed by atoms with Crippen LogP contribution in [0.4, 0.5) is 5.82 Å². The number of hydrogen-bond donors (Lipinski definition) is 2. The molecule has 1 amide bonds. The van der Waals surface area contributed by atoms with E-state index in [0.29, 0.717) is 0 Å². The molecule has 88 valence electrons. The lowest BCUT2D eigenvalue weighted by Crippen LogP contribution is -2.27. The van der Waals surface area contributed by atoms with Crippen molar-refractivity contribution < 1.29 is 9.42 Å². The van der Waals surface area contributed by atoms with Crippen molar-refractivity contribution in [2.24, 2.45) is 0 Å². The van der Waals surface area contributed by atoms with Crippen LogP contribution in [0.3, 0.4) is 0 Å². The third kappa shape index (κ3) is 2.39. The van der Waals surface area contributed by atoms with Gasteiger partial charge in [0.05, 0.1) is 6.04 Å². The molecule has 0 aromatic carbocycles. The molecule has 0 spiro atoms. The minimum absolute atomic E-state index is 0.0132. The fraction of sp³-hybridized carbons (Fsp3) is 0.200. The number of amides is 1. The van der Waals surface area contributed by atoms with E-state index in [1.165, 1.54) is 0 Å². The van der Waals surface area contributed by atoms with Gasteiger partial charge < -0.3 is 11.1 Å². The van der Waals surface area contributed by atoms with E-state index >= 15 is 0 Å². The van der Waals surface area contributed by atoms with E-state index < -0.39 is 5.91 Å². The maximum atomic E-state index is 11.7. The Kier molecular flexibility index (Phi) is 2.99. The van der Waals surface area contributed by atoms with Crippen LogP contribution in [0, 0.1) is 0 Å². The monoisotopic (exact) mass is 233 g/mol. The van der Waals surface area contributed by atoms with Gasteiger partial charge in [0, 0.05) is 12.4 Å². The van der Waals surface area contributed by atoms with Gasteiger partial charge in [-0.1, -0.05) is 6.07 Å². The fourth-order valence-electron chi connectivity index (χ4n) is 1.33. The zero-order chi connectivity index (χ0) is 12.3. The molecule has 0 aliphatic heterocycles. The summed E-state index contributed by atoms with van der Waals surface area (Å²) in [6.45, 7) is 1.83. The zero-order valence-corrected chi connectivity index (χ0v) is 9.12. The van der Waals surface area contributed by atoms with Gasteiger partial charge >= 0.3 is 0 Å². The Hall–Kier alpha value is -2.44. The first-order valence-electron chi connectivity index (χ1n) is 4.97. The summed E-state index contributed by atoms with van der Waals surface area (Å²) in [5, 5.41) is 9.48. The smallest absolute Gasteiger partial charge is 0.277 e. The molecule has 0 saturated carbocycles. The summed E-state index contributed by atoms with van der Waals surface area (Å²) < 4.78 is 4.36. The van der Waals surface area contributed by atoms with E-state index in [1.807, 2.05) is 13.0 Å². The molecule has 0 saturated heterocycles. The second-order valence-corrected chi connectivity index (χ2v) is 3.48. The highest BCUT2D eigenvalue weighted by atomic mass is 16.6. The maximum absolute atomic E-state index is 11.7. The first kappa shape index (κ1) is 11.1. The van der Waals surface area contributed by atoms with E-state index in [2.05, 4.69) is 25.2 Å². The molecule has 0 radical (unpaired) electrons. The van der Waals surface area contributed by atoms with Crippen LogP contribution < -0.4 is 11.1 Å². The SMILES string of the molecule is C[C@@H](NC(=O)c1nonc1N)c1cccnc1. The third-order valence-electron chi connectivity index (χ3n) is 2.26. The van der Waals surface area contributed by atoms with Crippen molar-refractivity contribution in [2.45, 2.75) is 13.0 Å². The zero-order valence-electron chi connectivity index (χ0n) is 9.12. The predicted octanol–water partition coefficient (Wildman–Crippen LogP) is 0.538. The molecular formula is C10H11N5O2. The van der Waals surface area contributed by atoms with Gasteiger partial charge in [0.1, 0.15) is 0 Å². The molecule has 0 bridgehead atoms. The van der Waals surface area contributed by atoms with Crippen molar-refractivity contribution in [3.63, 3.8) is 0 Å². The molecule has 2 aromatic heterocycles. The summed E-state index contributed by atoms with van der Waals surface area (Å²) in [6.07, 6.45) is 3.34. The van der Waals surface area contributed by atoms with Crippen molar-refractivity contribution in [3.05, 3.63) is 35.8 Å². The Labute approximate surface area is 97.0 Å². The summed E-state index contributed by atoms with van der Waals surface area (Å²) in [5.41, 5.74) is 6.29. The lowest BCUT2D eigenvalue weighted by Gasteiger charge is -2.12. The highest BCUT2D eigenvalue weighted by Gasteiger charge is 2.18. The van der Waals surface area contributed by atoms with Gasteiger partial charge in [-0.3, -0.25) is 9.78 Å². The fourth-order valence-corrected chi connectivity index (χ4v) is 1.33. The highest BCUT2D eigenvalue weighted by Crippen LogP contribution is 2.12. The van der Waals surface area contributed by atoms with Gasteiger partial charge in [-0.25, -0.2) is 4.63 Å². The number of rotatable bonds is 3. The van der Waals surface area contributed by atoms with Crippen molar-refractivity contribution in [1.29, 1.82) is 0 Å². The van der Waals surface area contributed by atoms with Crippen molar-refractivity contribution in [1.82, 2.24) is 20.6 Å². The first-order chi connectivity index (χ1) is 8.18. The number of nitrogen functional groups attached to an aromatic ring is 1. The molecule has 0 fully saturated rings. The molecule has 7 heteroatoms. The number of anilines is 1. The molecule has 2 aromatic rings. The van der Waals surface area contributed by atoms with Crippen LogP contribution in [-0.4, -0.2) is 21.2 Å². The highest BCUT2D eigenvalue weighted by molar-refractivity contribution is 5.96. The van der Waals surface area contributed by atoms with Gasteiger partial charge in [0.25, 0.3) is 5.91 Å². The Morgan fingerprint density at radius 3 is 2.94 bits per heavy atom. The lowest BCUT2D eigenvalue weighted by atomic mass is 10.1. The first-order valence-corrected chi connectivity index (χ1v) is 4.97. The molecule has 17 heavy (non-hydrogen) atoms. The van der Waals surface area contributed by atoms with Crippen LogP contribution in [0.5, 0.6) is 0 Å². The molecular weight excluding hydrogens is 222 g/mol. The summed E-state index contributed by atoms with van der Waals surface area (Å²) in [7, 11) is 0. The minimum atomic E-state index is -0.430. The van der Waals surface area contributed by atoms with Crippen LogP contribution in [0.15, 0.2) is 29.2 Å². The molecule has 0 aliphatic carbocycles.